The highest BCUT2D eigenvalue weighted by Crippen LogP contribution is 2.38. The van der Waals surface area contributed by atoms with E-state index < -0.39 is 35.7 Å². The SMILES string of the molecule is CCc1ccc(Oc2c(C(F)(F)F)oc3cc(OCC(=O)OC(C)C)ccc3c2=O)cc1. The summed E-state index contributed by atoms with van der Waals surface area (Å²) in [5.41, 5.74) is -0.376. The molecule has 0 aliphatic rings. The molecule has 1 heterocycles. The minimum absolute atomic E-state index is 0.0401. The number of esters is 1. The Morgan fingerprint density at radius 1 is 1.06 bits per heavy atom. The normalized spacial score (nSPS) is 11.6. The van der Waals surface area contributed by atoms with Crippen molar-refractivity contribution >= 4 is 16.9 Å². The molecule has 0 N–H and O–H groups in total. The van der Waals surface area contributed by atoms with Gasteiger partial charge in [0.1, 0.15) is 17.1 Å². The maximum atomic E-state index is 13.6. The van der Waals surface area contributed by atoms with E-state index in [4.69, 9.17) is 18.6 Å². The standard InChI is InChI=1S/C23H21F3O6/c1-4-14-5-7-15(8-6-14)31-21-20(28)17-10-9-16(29-12-19(27)30-13(2)3)11-18(17)32-22(21)23(24,25)26/h5-11,13H,4,12H2,1-3H3. The number of rotatable bonds is 7. The van der Waals surface area contributed by atoms with Crippen LogP contribution >= 0.6 is 0 Å². The van der Waals surface area contributed by atoms with Crippen LogP contribution in [0.3, 0.4) is 0 Å². The molecule has 0 fully saturated rings. The molecule has 0 spiro atoms. The third-order valence-corrected chi connectivity index (χ3v) is 4.35. The molecule has 0 bridgehead atoms. The van der Waals surface area contributed by atoms with Crippen LogP contribution in [-0.4, -0.2) is 18.7 Å². The summed E-state index contributed by atoms with van der Waals surface area (Å²) in [7, 11) is 0. The van der Waals surface area contributed by atoms with Gasteiger partial charge in [-0.2, -0.15) is 13.2 Å². The van der Waals surface area contributed by atoms with E-state index in [9.17, 15) is 22.8 Å². The predicted octanol–water partition coefficient (Wildman–Crippen LogP) is 5.50. The van der Waals surface area contributed by atoms with Crippen LogP contribution in [0.1, 0.15) is 32.1 Å². The summed E-state index contributed by atoms with van der Waals surface area (Å²) in [6.45, 7) is 4.81. The molecule has 0 radical (unpaired) electrons. The first-order chi connectivity index (χ1) is 15.1. The van der Waals surface area contributed by atoms with Gasteiger partial charge < -0.3 is 18.6 Å². The second-order valence-corrected chi connectivity index (χ2v) is 7.17. The number of alkyl halides is 3. The van der Waals surface area contributed by atoms with E-state index in [1.807, 2.05) is 6.92 Å². The summed E-state index contributed by atoms with van der Waals surface area (Å²) in [5.74, 6) is -3.05. The number of halogens is 3. The summed E-state index contributed by atoms with van der Waals surface area (Å²) in [5, 5.41) is -0.129. The number of aryl methyl sites for hydroxylation is 1. The zero-order chi connectivity index (χ0) is 23.5. The molecule has 32 heavy (non-hydrogen) atoms. The zero-order valence-electron chi connectivity index (χ0n) is 17.6. The van der Waals surface area contributed by atoms with Crippen molar-refractivity contribution in [3.05, 3.63) is 64.0 Å². The Morgan fingerprint density at radius 2 is 1.72 bits per heavy atom. The lowest BCUT2D eigenvalue weighted by Gasteiger charge is -2.14. The largest absolute Gasteiger partial charge is 0.482 e. The van der Waals surface area contributed by atoms with Gasteiger partial charge in [0.25, 0.3) is 5.76 Å². The van der Waals surface area contributed by atoms with Gasteiger partial charge in [0.2, 0.25) is 11.2 Å². The first kappa shape index (κ1) is 23.2. The van der Waals surface area contributed by atoms with Gasteiger partial charge >= 0.3 is 12.1 Å². The number of hydrogen-bond donors (Lipinski definition) is 0. The Balaban J connectivity index is 1.98. The Morgan fingerprint density at radius 3 is 2.31 bits per heavy atom. The topological polar surface area (TPSA) is 75.0 Å². The molecule has 9 heteroatoms. The Hall–Kier alpha value is -3.49. The smallest absolute Gasteiger partial charge is 0.453 e. The summed E-state index contributed by atoms with van der Waals surface area (Å²) in [4.78, 5) is 24.4. The van der Waals surface area contributed by atoms with Crippen LogP contribution in [0.2, 0.25) is 0 Å². The molecule has 0 unspecified atom stereocenters. The molecule has 0 amide bonds. The fourth-order valence-corrected chi connectivity index (χ4v) is 2.88. The van der Waals surface area contributed by atoms with Crippen molar-refractivity contribution in [1.29, 1.82) is 0 Å². The van der Waals surface area contributed by atoms with E-state index in [1.165, 1.54) is 24.3 Å². The highest BCUT2D eigenvalue weighted by atomic mass is 19.4. The lowest BCUT2D eigenvalue weighted by molar-refractivity contribution is -0.154. The molecule has 2 aromatic carbocycles. The summed E-state index contributed by atoms with van der Waals surface area (Å²) in [6.07, 6.45) is -4.58. The van der Waals surface area contributed by atoms with E-state index in [1.54, 1.807) is 26.0 Å². The van der Waals surface area contributed by atoms with Crippen LogP contribution in [0.4, 0.5) is 13.2 Å². The van der Waals surface area contributed by atoms with Crippen molar-refractivity contribution in [3.63, 3.8) is 0 Å². The Labute approximate surface area is 181 Å². The van der Waals surface area contributed by atoms with Crippen LogP contribution in [0.15, 0.2) is 51.7 Å². The molecule has 3 rings (SSSR count). The van der Waals surface area contributed by atoms with Crippen molar-refractivity contribution in [2.75, 3.05) is 6.61 Å². The van der Waals surface area contributed by atoms with Crippen molar-refractivity contribution in [2.24, 2.45) is 0 Å². The average molecular weight is 450 g/mol. The first-order valence-corrected chi connectivity index (χ1v) is 9.85. The molecule has 0 atom stereocenters. The van der Waals surface area contributed by atoms with E-state index >= 15 is 0 Å². The number of fused-ring (bicyclic) bond motifs is 1. The molecule has 0 saturated heterocycles. The van der Waals surface area contributed by atoms with Gasteiger partial charge in [-0.25, -0.2) is 4.79 Å². The molecule has 0 aliphatic carbocycles. The third kappa shape index (κ3) is 5.40. The highest BCUT2D eigenvalue weighted by Gasteiger charge is 2.40. The molecule has 170 valence electrons. The van der Waals surface area contributed by atoms with Gasteiger partial charge in [0.05, 0.1) is 11.5 Å². The van der Waals surface area contributed by atoms with Gasteiger partial charge in [0.15, 0.2) is 6.61 Å². The van der Waals surface area contributed by atoms with Gasteiger partial charge in [-0.1, -0.05) is 19.1 Å². The summed E-state index contributed by atoms with van der Waals surface area (Å²) < 4.78 is 61.4. The lowest BCUT2D eigenvalue weighted by Crippen LogP contribution is -2.19. The van der Waals surface area contributed by atoms with Crippen molar-refractivity contribution in [1.82, 2.24) is 0 Å². The second kappa shape index (κ2) is 9.33. The Bertz CT molecular complexity index is 1160. The monoisotopic (exact) mass is 450 g/mol. The van der Waals surface area contributed by atoms with E-state index in [0.717, 1.165) is 18.1 Å². The lowest BCUT2D eigenvalue weighted by atomic mass is 10.1. The van der Waals surface area contributed by atoms with Gasteiger partial charge in [-0.3, -0.25) is 4.79 Å². The van der Waals surface area contributed by atoms with Crippen LogP contribution in [-0.2, 0) is 22.1 Å². The van der Waals surface area contributed by atoms with Gasteiger partial charge in [-0.05, 0) is 50.1 Å². The quantitative estimate of drug-likeness (QED) is 0.443. The fourth-order valence-electron chi connectivity index (χ4n) is 2.88. The van der Waals surface area contributed by atoms with Crippen LogP contribution in [0.5, 0.6) is 17.2 Å². The minimum atomic E-state index is -4.98. The number of hydrogen-bond acceptors (Lipinski definition) is 6. The number of carbonyl (C=O) groups is 1. The molecule has 0 aliphatic heterocycles. The van der Waals surface area contributed by atoms with Crippen LogP contribution in [0, 0.1) is 0 Å². The highest BCUT2D eigenvalue weighted by molar-refractivity contribution is 5.80. The van der Waals surface area contributed by atoms with Gasteiger partial charge in [-0.15, -0.1) is 0 Å². The zero-order valence-corrected chi connectivity index (χ0v) is 17.6. The summed E-state index contributed by atoms with van der Waals surface area (Å²) in [6, 6.07) is 10.0. The minimum Gasteiger partial charge on any atom is -0.482 e. The predicted molar refractivity (Wildman–Crippen MR) is 110 cm³/mol. The van der Waals surface area contributed by atoms with Crippen LogP contribution < -0.4 is 14.9 Å². The fraction of sp³-hybridized carbons (Fsp3) is 0.304. The number of carbonyl (C=O) groups excluding carboxylic acids is 1. The maximum Gasteiger partial charge on any atom is 0.453 e. The molecule has 3 aromatic rings. The van der Waals surface area contributed by atoms with E-state index in [0.29, 0.717) is 0 Å². The van der Waals surface area contributed by atoms with Crippen molar-refractivity contribution in [3.8, 4) is 17.2 Å². The first-order valence-electron chi connectivity index (χ1n) is 9.85. The average Bonchev–Trinajstić information content (AvgIpc) is 2.73. The number of benzene rings is 2. The Kier molecular flexibility index (Phi) is 6.76. The van der Waals surface area contributed by atoms with Gasteiger partial charge in [0, 0.05) is 6.07 Å². The molecule has 1 aromatic heterocycles. The summed E-state index contributed by atoms with van der Waals surface area (Å²) >= 11 is 0. The van der Waals surface area contributed by atoms with E-state index in [2.05, 4.69) is 0 Å². The second-order valence-electron chi connectivity index (χ2n) is 7.17. The van der Waals surface area contributed by atoms with Crippen molar-refractivity contribution in [2.45, 2.75) is 39.5 Å². The molecule has 0 saturated carbocycles. The van der Waals surface area contributed by atoms with Crippen LogP contribution in [0.25, 0.3) is 11.0 Å². The molecular formula is C23H21F3O6. The number of ether oxygens (including phenoxy) is 3. The van der Waals surface area contributed by atoms with E-state index in [-0.39, 0.29) is 28.6 Å². The third-order valence-electron chi connectivity index (χ3n) is 4.35. The molecular weight excluding hydrogens is 429 g/mol. The maximum absolute atomic E-state index is 13.6. The van der Waals surface area contributed by atoms with Crippen molar-refractivity contribution < 1.29 is 36.6 Å². The molecule has 6 nitrogen and oxygen atoms in total.